The van der Waals surface area contributed by atoms with Crippen LogP contribution in [0.1, 0.15) is 45.1 Å². The topological polar surface area (TPSA) is 17.1 Å². The summed E-state index contributed by atoms with van der Waals surface area (Å²) in [6, 6.07) is 8.73. The third kappa shape index (κ3) is 4.84. The van der Waals surface area contributed by atoms with E-state index in [0.29, 0.717) is 12.3 Å². The fourth-order valence-electron chi connectivity index (χ4n) is 1.46. The molecule has 0 amide bonds. The summed E-state index contributed by atoms with van der Waals surface area (Å²) >= 11 is 1.83. The van der Waals surface area contributed by atoms with Crippen molar-refractivity contribution < 1.29 is 4.79 Å². The zero-order valence-corrected chi connectivity index (χ0v) is 11.1. The van der Waals surface area contributed by atoms with E-state index in [9.17, 15) is 4.79 Å². The maximum Gasteiger partial charge on any atom is 0.129 e. The Labute approximate surface area is 103 Å². The zero-order chi connectivity index (χ0) is 12.0. The monoisotopic (exact) mass is 236 g/mol. The van der Waals surface area contributed by atoms with Gasteiger partial charge in [0.15, 0.2) is 0 Å². The molecule has 1 nitrogen and oxygen atoms in total. The molecule has 0 unspecified atom stereocenters. The fourth-order valence-corrected chi connectivity index (χ4v) is 2.31. The SMILES string of the molecule is CC(=O)CCCSc1ccc(C(C)C)cc1. The molecule has 0 heterocycles. The lowest BCUT2D eigenvalue weighted by Crippen LogP contribution is -1.91. The molecule has 0 aliphatic carbocycles. The maximum atomic E-state index is 10.8. The molecular formula is C14H20OS. The van der Waals surface area contributed by atoms with E-state index in [1.807, 2.05) is 11.8 Å². The Hall–Kier alpha value is -0.760. The number of carbonyl (C=O) groups excluding carboxylic acids is 1. The summed E-state index contributed by atoms with van der Waals surface area (Å²) in [7, 11) is 0. The molecule has 0 aliphatic rings. The van der Waals surface area contributed by atoms with Crippen molar-refractivity contribution in [2.45, 2.75) is 44.4 Å². The van der Waals surface area contributed by atoms with Crippen molar-refractivity contribution in [2.75, 3.05) is 5.75 Å². The zero-order valence-electron chi connectivity index (χ0n) is 10.3. The number of thioether (sulfide) groups is 1. The largest absolute Gasteiger partial charge is 0.300 e. The Bertz CT molecular complexity index is 327. The minimum Gasteiger partial charge on any atom is -0.300 e. The van der Waals surface area contributed by atoms with Crippen molar-refractivity contribution >= 4 is 17.5 Å². The van der Waals surface area contributed by atoms with Crippen molar-refractivity contribution in [3.8, 4) is 0 Å². The van der Waals surface area contributed by atoms with E-state index in [0.717, 1.165) is 12.2 Å². The van der Waals surface area contributed by atoms with E-state index >= 15 is 0 Å². The molecule has 0 fully saturated rings. The third-order valence-corrected chi connectivity index (χ3v) is 3.59. The van der Waals surface area contributed by atoms with E-state index in [4.69, 9.17) is 0 Å². The van der Waals surface area contributed by atoms with Gasteiger partial charge in [-0.05, 0) is 42.7 Å². The summed E-state index contributed by atoms with van der Waals surface area (Å²) in [5.74, 6) is 1.91. The maximum absolute atomic E-state index is 10.8. The van der Waals surface area contributed by atoms with Crippen LogP contribution in [0.3, 0.4) is 0 Å². The van der Waals surface area contributed by atoms with Crippen LogP contribution in [0.2, 0.25) is 0 Å². The van der Waals surface area contributed by atoms with Gasteiger partial charge in [-0.3, -0.25) is 0 Å². The van der Waals surface area contributed by atoms with Gasteiger partial charge >= 0.3 is 0 Å². The number of ketones is 1. The first kappa shape index (κ1) is 13.3. The Morgan fingerprint density at radius 2 is 1.88 bits per heavy atom. The highest BCUT2D eigenvalue weighted by molar-refractivity contribution is 7.99. The molecular weight excluding hydrogens is 216 g/mol. The van der Waals surface area contributed by atoms with Crippen LogP contribution < -0.4 is 0 Å². The quantitative estimate of drug-likeness (QED) is 0.542. The van der Waals surface area contributed by atoms with Crippen molar-refractivity contribution in [3.63, 3.8) is 0 Å². The van der Waals surface area contributed by atoms with E-state index in [1.54, 1.807) is 6.92 Å². The second-order valence-electron chi connectivity index (χ2n) is 4.38. The number of carbonyl (C=O) groups is 1. The van der Waals surface area contributed by atoms with Gasteiger partial charge in [-0.1, -0.05) is 26.0 Å². The molecule has 16 heavy (non-hydrogen) atoms. The Balaban J connectivity index is 2.35. The first-order valence-corrected chi connectivity index (χ1v) is 6.80. The summed E-state index contributed by atoms with van der Waals surface area (Å²) in [6.45, 7) is 6.06. The van der Waals surface area contributed by atoms with Crippen LogP contribution in [-0.2, 0) is 4.79 Å². The normalized spacial score (nSPS) is 10.8. The number of hydrogen-bond donors (Lipinski definition) is 0. The van der Waals surface area contributed by atoms with Crippen molar-refractivity contribution in [1.82, 2.24) is 0 Å². The molecule has 0 saturated carbocycles. The summed E-state index contributed by atoms with van der Waals surface area (Å²) < 4.78 is 0. The number of Topliss-reactive ketones (excluding diaryl/α,β-unsaturated/α-hetero) is 1. The summed E-state index contributed by atoms with van der Waals surface area (Å²) in [6.07, 6.45) is 1.68. The number of rotatable bonds is 6. The minimum atomic E-state index is 0.288. The lowest BCUT2D eigenvalue weighted by molar-refractivity contribution is -0.117. The van der Waals surface area contributed by atoms with E-state index in [2.05, 4.69) is 38.1 Å². The van der Waals surface area contributed by atoms with Gasteiger partial charge < -0.3 is 4.79 Å². The van der Waals surface area contributed by atoms with Crippen LogP contribution in [0.4, 0.5) is 0 Å². The number of hydrogen-bond acceptors (Lipinski definition) is 2. The smallest absolute Gasteiger partial charge is 0.129 e. The summed E-state index contributed by atoms with van der Waals surface area (Å²) in [4.78, 5) is 12.1. The molecule has 0 saturated heterocycles. The lowest BCUT2D eigenvalue weighted by Gasteiger charge is -2.06. The molecule has 0 spiro atoms. The lowest BCUT2D eigenvalue weighted by atomic mass is 10.0. The Morgan fingerprint density at radius 3 is 2.38 bits per heavy atom. The molecule has 0 aromatic heterocycles. The third-order valence-electron chi connectivity index (χ3n) is 2.49. The number of benzene rings is 1. The average Bonchev–Trinajstić information content (AvgIpc) is 2.25. The standard InChI is InChI=1S/C14H20OS/c1-11(2)13-6-8-14(9-7-13)16-10-4-5-12(3)15/h6-9,11H,4-5,10H2,1-3H3. The van der Waals surface area contributed by atoms with Crippen molar-refractivity contribution in [1.29, 1.82) is 0 Å². The van der Waals surface area contributed by atoms with Crippen LogP contribution in [0.5, 0.6) is 0 Å². The van der Waals surface area contributed by atoms with Gasteiger partial charge in [0.25, 0.3) is 0 Å². The van der Waals surface area contributed by atoms with E-state index < -0.39 is 0 Å². The molecule has 1 rings (SSSR count). The first-order chi connectivity index (χ1) is 7.59. The van der Waals surface area contributed by atoms with Crippen LogP contribution in [0.15, 0.2) is 29.2 Å². The predicted molar refractivity (Wildman–Crippen MR) is 71.2 cm³/mol. The van der Waals surface area contributed by atoms with Gasteiger partial charge in [0, 0.05) is 11.3 Å². The van der Waals surface area contributed by atoms with Gasteiger partial charge in [0.1, 0.15) is 5.78 Å². The van der Waals surface area contributed by atoms with E-state index in [1.165, 1.54) is 10.5 Å². The van der Waals surface area contributed by atoms with Crippen LogP contribution >= 0.6 is 11.8 Å². The molecule has 0 atom stereocenters. The second kappa shape index (κ2) is 6.74. The van der Waals surface area contributed by atoms with E-state index in [-0.39, 0.29) is 5.78 Å². The molecule has 1 aromatic rings. The van der Waals surface area contributed by atoms with Gasteiger partial charge in [-0.25, -0.2) is 0 Å². The second-order valence-corrected chi connectivity index (χ2v) is 5.55. The molecule has 2 heteroatoms. The fraction of sp³-hybridized carbons (Fsp3) is 0.500. The molecule has 0 aliphatic heterocycles. The van der Waals surface area contributed by atoms with Gasteiger partial charge in [-0.2, -0.15) is 0 Å². The van der Waals surface area contributed by atoms with Crippen LogP contribution in [0, 0.1) is 0 Å². The Kier molecular flexibility index (Phi) is 5.61. The summed E-state index contributed by atoms with van der Waals surface area (Å²) in [5.41, 5.74) is 1.38. The minimum absolute atomic E-state index is 0.288. The Morgan fingerprint density at radius 1 is 1.25 bits per heavy atom. The highest BCUT2D eigenvalue weighted by Crippen LogP contribution is 2.22. The van der Waals surface area contributed by atoms with Gasteiger partial charge in [0.05, 0.1) is 0 Å². The highest BCUT2D eigenvalue weighted by Gasteiger charge is 2.00. The molecule has 0 N–H and O–H groups in total. The first-order valence-electron chi connectivity index (χ1n) is 5.82. The van der Waals surface area contributed by atoms with Crippen molar-refractivity contribution in [3.05, 3.63) is 29.8 Å². The highest BCUT2D eigenvalue weighted by atomic mass is 32.2. The predicted octanol–water partition coefficient (Wildman–Crippen LogP) is 4.27. The van der Waals surface area contributed by atoms with Gasteiger partial charge in [0.2, 0.25) is 0 Å². The molecule has 0 radical (unpaired) electrons. The molecule has 1 aromatic carbocycles. The average molecular weight is 236 g/mol. The van der Waals surface area contributed by atoms with Crippen LogP contribution in [0.25, 0.3) is 0 Å². The summed E-state index contributed by atoms with van der Waals surface area (Å²) in [5, 5.41) is 0. The molecule has 88 valence electrons. The molecule has 0 bridgehead atoms. The van der Waals surface area contributed by atoms with Gasteiger partial charge in [-0.15, -0.1) is 11.8 Å². The van der Waals surface area contributed by atoms with Crippen molar-refractivity contribution in [2.24, 2.45) is 0 Å². The van der Waals surface area contributed by atoms with Crippen LogP contribution in [-0.4, -0.2) is 11.5 Å².